The van der Waals surface area contributed by atoms with Gasteiger partial charge in [0.1, 0.15) is 0 Å². The second-order valence-electron chi connectivity index (χ2n) is 3.49. The first kappa shape index (κ1) is 11.0. The molecule has 3 heteroatoms. The van der Waals surface area contributed by atoms with E-state index in [0.29, 0.717) is 6.54 Å². The zero-order valence-corrected chi connectivity index (χ0v) is 9.71. The maximum Gasteiger partial charge on any atom is 0.0459 e. The SMILES string of the molecule is NCc1ccc(Sc2ccccc2)c(N)c1. The first-order chi connectivity index (χ1) is 7.79. The molecule has 2 nitrogen and oxygen atoms in total. The van der Waals surface area contributed by atoms with Crippen LogP contribution in [0.5, 0.6) is 0 Å². The average Bonchev–Trinajstić information content (AvgIpc) is 2.33. The van der Waals surface area contributed by atoms with E-state index in [1.807, 2.05) is 36.4 Å². The monoisotopic (exact) mass is 230 g/mol. The van der Waals surface area contributed by atoms with Crippen LogP contribution in [0.2, 0.25) is 0 Å². The highest BCUT2D eigenvalue weighted by molar-refractivity contribution is 7.99. The van der Waals surface area contributed by atoms with E-state index in [1.165, 1.54) is 4.90 Å². The molecule has 0 aliphatic carbocycles. The summed E-state index contributed by atoms with van der Waals surface area (Å²) in [4.78, 5) is 2.26. The van der Waals surface area contributed by atoms with Crippen molar-refractivity contribution in [3.05, 3.63) is 54.1 Å². The van der Waals surface area contributed by atoms with Crippen LogP contribution in [0.25, 0.3) is 0 Å². The lowest BCUT2D eigenvalue weighted by molar-refractivity contribution is 1.07. The number of hydrogen-bond donors (Lipinski definition) is 2. The Labute approximate surface area is 99.7 Å². The van der Waals surface area contributed by atoms with Gasteiger partial charge in [0.2, 0.25) is 0 Å². The molecule has 0 aliphatic heterocycles. The molecule has 4 N–H and O–H groups in total. The van der Waals surface area contributed by atoms with Crippen LogP contribution in [-0.2, 0) is 6.54 Å². The van der Waals surface area contributed by atoms with E-state index in [-0.39, 0.29) is 0 Å². The maximum atomic E-state index is 5.97. The van der Waals surface area contributed by atoms with Crippen LogP contribution in [-0.4, -0.2) is 0 Å². The fourth-order valence-electron chi connectivity index (χ4n) is 1.43. The molecular weight excluding hydrogens is 216 g/mol. The van der Waals surface area contributed by atoms with E-state index < -0.39 is 0 Å². The molecule has 0 aliphatic rings. The molecule has 0 heterocycles. The molecule has 2 aromatic carbocycles. The van der Waals surface area contributed by atoms with Gasteiger partial charge in [-0.3, -0.25) is 0 Å². The van der Waals surface area contributed by atoms with Crippen molar-refractivity contribution in [1.29, 1.82) is 0 Å². The van der Waals surface area contributed by atoms with E-state index in [4.69, 9.17) is 11.5 Å². The predicted molar refractivity (Wildman–Crippen MR) is 69.3 cm³/mol. The van der Waals surface area contributed by atoms with Crippen molar-refractivity contribution >= 4 is 17.4 Å². The van der Waals surface area contributed by atoms with Gasteiger partial charge in [-0.05, 0) is 29.8 Å². The minimum absolute atomic E-state index is 0.528. The second kappa shape index (κ2) is 5.05. The first-order valence-corrected chi connectivity index (χ1v) is 5.92. The molecule has 16 heavy (non-hydrogen) atoms. The second-order valence-corrected chi connectivity index (χ2v) is 4.61. The average molecular weight is 230 g/mol. The topological polar surface area (TPSA) is 52.0 Å². The van der Waals surface area contributed by atoms with E-state index in [2.05, 4.69) is 12.1 Å². The van der Waals surface area contributed by atoms with Gasteiger partial charge in [-0.2, -0.15) is 0 Å². The number of nitrogen functional groups attached to an aromatic ring is 1. The molecule has 0 atom stereocenters. The van der Waals surface area contributed by atoms with Crippen LogP contribution in [0.4, 0.5) is 5.69 Å². The van der Waals surface area contributed by atoms with E-state index in [0.717, 1.165) is 16.1 Å². The largest absolute Gasteiger partial charge is 0.398 e. The fraction of sp³-hybridized carbons (Fsp3) is 0.0769. The Balaban J connectivity index is 2.22. The van der Waals surface area contributed by atoms with Crippen molar-refractivity contribution in [2.75, 3.05) is 5.73 Å². The Morgan fingerprint density at radius 3 is 2.38 bits per heavy atom. The summed E-state index contributed by atoms with van der Waals surface area (Å²) >= 11 is 1.67. The Kier molecular flexibility index (Phi) is 3.49. The third-order valence-corrected chi connectivity index (χ3v) is 3.38. The molecule has 0 radical (unpaired) electrons. The molecular formula is C13H14N2S. The van der Waals surface area contributed by atoms with Gasteiger partial charge in [-0.15, -0.1) is 0 Å². The van der Waals surface area contributed by atoms with Crippen molar-refractivity contribution in [1.82, 2.24) is 0 Å². The molecule has 0 fully saturated rings. The third-order valence-electron chi connectivity index (χ3n) is 2.28. The van der Waals surface area contributed by atoms with Crippen molar-refractivity contribution in [3.8, 4) is 0 Å². The molecule has 2 rings (SSSR count). The number of rotatable bonds is 3. The molecule has 82 valence electrons. The smallest absolute Gasteiger partial charge is 0.0459 e. The summed E-state index contributed by atoms with van der Waals surface area (Å²) in [5, 5.41) is 0. The maximum absolute atomic E-state index is 5.97. The van der Waals surface area contributed by atoms with Gasteiger partial charge in [-0.25, -0.2) is 0 Å². The highest BCUT2D eigenvalue weighted by Gasteiger charge is 2.02. The Bertz CT molecular complexity index is 469. The molecule has 0 saturated heterocycles. The van der Waals surface area contributed by atoms with Gasteiger partial charge in [0, 0.05) is 22.0 Å². The number of anilines is 1. The standard InChI is InChI=1S/C13H14N2S/c14-9-10-6-7-13(12(15)8-10)16-11-4-2-1-3-5-11/h1-8H,9,14-15H2. The first-order valence-electron chi connectivity index (χ1n) is 5.11. The van der Waals surface area contributed by atoms with Crippen LogP contribution < -0.4 is 11.5 Å². The summed E-state index contributed by atoms with van der Waals surface area (Å²) in [7, 11) is 0. The predicted octanol–water partition coefficient (Wildman–Crippen LogP) is 2.88. The Hall–Kier alpha value is -1.45. The summed E-state index contributed by atoms with van der Waals surface area (Å²) in [5.41, 5.74) is 13.4. The quantitative estimate of drug-likeness (QED) is 0.797. The number of nitrogens with two attached hydrogens (primary N) is 2. The number of hydrogen-bond acceptors (Lipinski definition) is 3. The van der Waals surface area contributed by atoms with E-state index >= 15 is 0 Å². The van der Waals surface area contributed by atoms with Gasteiger partial charge in [0.25, 0.3) is 0 Å². The van der Waals surface area contributed by atoms with Crippen LogP contribution >= 0.6 is 11.8 Å². The molecule has 2 aromatic rings. The van der Waals surface area contributed by atoms with Crippen LogP contribution in [0.1, 0.15) is 5.56 Å². The van der Waals surface area contributed by atoms with Gasteiger partial charge in [-0.1, -0.05) is 36.0 Å². The zero-order chi connectivity index (χ0) is 11.4. The molecule has 0 spiro atoms. The Morgan fingerprint density at radius 2 is 1.75 bits per heavy atom. The highest BCUT2D eigenvalue weighted by Crippen LogP contribution is 2.32. The normalized spacial score (nSPS) is 10.3. The van der Waals surface area contributed by atoms with Crippen molar-refractivity contribution < 1.29 is 0 Å². The lowest BCUT2D eigenvalue weighted by atomic mass is 10.2. The summed E-state index contributed by atoms with van der Waals surface area (Å²) in [5.74, 6) is 0. The van der Waals surface area contributed by atoms with Gasteiger partial charge in [0.15, 0.2) is 0 Å². The number of benzene rings is 2. The van der Waals surface area contributed by atoms with Crippen LogP contribution in [0.3, 0.4) is 0 Å². The van der Waals surface area contributed by atoms with Crippen LogP contribution in [0, 0.1) is 0 Å². The zero-order valence-electron chi connectivity index (χ0n) is 8.89. The van der Waals surface area contributed by atoms with Crippen LogP contribution in [0.15, 0.2) is 58.3 Å². The molecule has 0 saturated carbocycles. The third kappa shape index (κ3) is 2.56. The molecule has 0 unspecified atom stereocenters. The van der Waals surface area contributed by atoms with Crippen molar-refractivity contribution in [2.45, 2.75) is 16.3 Å². The summed E-state index contributed by atoms with van der Waals surface area (Å²) in [6, 6.07) is 16.2. The highest BCUT2D eigenvalue weighted by atomic mass is 32.2. The lowest BCUT2D eigenvalue weighted by Gasteiger charge is -2.06. The van der Waals surface area contributed by atoms with Crippen molar-refractivity contribution in [2.24, 2.45) is 5.73 Å². The van der Waals surface area contributed by atoms with E-state index in [9.17, 15) is 0 Å². The fourth-order valence-corrected chi connectivity index (χ4v) is 2.29. The summed E-state index contributed by atoms with van der Waals surface area (Å²) in [6.07, 6.45) is 0. The minimum atomic E-state index is 0.528. The molecule has 0 amide bonds. The lowest BCUT2D eigenvalue weighted by Crippen LogP contribution is -1.98. The summed E-state index contributed by atoms with van der Waals surface area (Å²) in [6.45, 7) is 0.528. The van der Waals surface area contributed by atoms with Gasteiger partial charge >= 0.3 is 0 Å². The molecule has 0 bridgehead atoms. The molecule has 0 aromatic heterocycles. The minimum Gasteiger partial charge on any atom is -0.398 e. The summed E-state index contributed by atoms with van der Waals surface area (Å²) < 4.78 is 0. The van der Waals surface area contributed by atoms with Gasteiger partial charge < -0.3 is 11.5 Å². The van der Waals surface area contributed by atoms with E-state index in [1.54, 1.807) is 11.8 Å². The van der Waals surface area contributed by atoms with Gasteiger partial charge in [0.05, 0.1) is 0 Å². The Morgan fingerprint density at radius 1 is 1.00 bits per heavy atom. The van der Waals surface area contributed by atoms with Crippen molar-refractivity contribution in [3.63, 3.8) is 0 Å².